The van der Waals surface area contributed by atoms with Crippen molar-refractivity contribution in [1.82, 2.24) is 9.97 Å². The molecule has 1 aliphatic heterocycles. The zero-order valence-corrected chi connectivity index (χ0v) is 17.9. The van der Waals surface area contributed by atoms with Crippen LogP contribution in [0.5, 0.6) is 23.0 Å². The molecular formula is C23H26N4O4. The van der Waals surface area contributed by atoms with Gasteiger partial charge in [-0.1, -0.05) is 0 Å². The molecule has 1 fully saturated rings. The van der Waals surface area contributed by atoms with Crippen LogP contribution < -0.4 is 24.4 Å². The number of hydrogen-bond acceptors (Lipinski definition) is 8. The SMILES string of the molecule is COc1cc2c(N3CCc4cc(OC)c(OC)cc4C3)nc(NC3CC3)nc2cc1O. The average molecular weight is 422 g/mol. The van der Waals surface area contributed by atoms with Crippen LogP contribution in [0.2, 0.25) is 0 Å². The van der Waals surface area contributed by atoms with Crippen molar-refractivity contribution in [3.63, 3.8) is 0 Å². The third-order valence-corrected chi connectivity index (χ3v) is 5.90. The van der Waals surface area contributed by atoms with Gasteiger partial charge < -0.3 is 29.5 Å². The standard InChI is InChI=1S/C23H26N4O4/c1-29-19-10-16-17(11-18(19)28)25-23(24-15-4-5-15)26-22(16)27-7-6-13-8-20(30-2)21(31-3)9-14(13)12-27/h8-11,15,28H,4-7,12H2,1-3H3,(H,24,25,26). The Bertz CT molecular complexity index is 1150. The number of nitrogens with one attached hydrogen (secondary N) is 1. The minimum absolute atomic E-state index is 0.0674. The third-order valence-electron chi connectivity index (χ3n) is 5.90. The van der Waals surface area contributed by atoms with Gasteiger partial charge in [0.1, 0.15) is 5.82 Å². The molecule has 2 aromatic carbocycles. The van der Waals surface area contributed by atoms with Gasteiger partial charge in [-0.15, -0.1) is 0 Å². The lowest BCUT2D eigenvalue weighted by Gasteiger charge is -2.31. The molecule has 8 nitrogen and oxygen atoms in total. The highest BCUT2D eigenvalue weighted by molar-refractivity contribution is 5.93. The Labute approximate surface area is 180 Å². The zero-order valence-electron chi connectivity index (χ0n) is 17.9. The van der Waals surface area contributed by atoms with E-state index in [0.717, 1.165) is 48.5 Å². The summed E-state index contributed by atoms with van der Waals surface area (Å²) in [5, 5.41) is 14.5. The van der Waals surface area contributed by atoms with E-state index in [1.165, 1.54) is 11.1 Å². The number of benzene rings is 2. The Morgan fingerprint density at radius 2 is 1.65 bits per heavy atom. The number of fused-ring (bicyclic) bond motifs is 2. The predicted molar refractivity (Wildman–Crippen MR) is 119 cm³/mol. The molecule has 3 aromatic rings. The van der Waals surface area contributed by atoms with Crippen molar-refractivity contribution in [2.45, 2.75) is 31.8 Å². The summed E-state index contributed by atoms with van der Waals surface area (Å²) in [6.45, 7) is 1.49. The van der Waals surface area contributed by atoms with Crippen LogP contribution in [0.25, 0.3) is 10.9 Å². The normalized spacial score (nSPS) is 15.5. The van der Waals surface area contributed by atoms with Crippen molar-refractivity contribution in [2.24, 2.45) is 0 Å². The predicted octanol–water partition coefficient (Wildman–Crippen LogP) is 3.50. The van der Waals surface area contributed by atoms with Crippen molar-refractivity contribution in [3.8, 4) is 23.0 Å². The largest absolute Gasteiger partial charge is 0.504 e. The van der Waals surface area contributed by atoms with E-state index in [9.17, 15) is 5.11 Å². The van der Waals surface area contributed by atoms with Crippen LogP contribution in [0.15, 0.2) is 24.3 Å². The highest BCUT2D eigenvalue weighted by atomic mass is 16.5. The zero-order chi connectivity index (χ0) is 21.5. The molecule has 8 heteroatoms. The summed E-state index contributed by atoms with van der Waals surface area (Å²) in [4.78, 5) is 11.8. The van der Waals surface area contributed by atoms with Gasteiger partial charge in [0, 0.05) is 30.6 Å². The first-order chi connectivity index (χ1) is 15.1. The molecule has 0 unspecified atom stereocenters. The van der Waals surface area contributed by atoms with Gasteiger partial charge in [-0.05, 0) is 48.6 Å². The lowest BCUT2D eigenvalue weighted by Crippen LogP contribution is -2.31. The number of aromatic hydroxyl groups is 1. The smallest absolute Gasteiger partial charge is 0.225 e. The first-order valence-electron chi connectivity index (χ1n) is 10.4. The molecule has 0 saturated heterocycles. The van der Waals surface area contributed by atoms with E-state index in [1.54, 1.807) is 27.4 Å². The number of aromatic nitrogens is 2. The third kappa shape index (κ3) is 3.62. The second-order valence-corrected chi connectivity index (χ2v) is 7.98. The Hall–Kier alpha value is -3.42. The number of rotatable bonds is 6. The number of phenols is 1. The molecule has 1 aliphatic carbocycles. The fraction of sp³-hybridized carbons (Fsp3) is 0.391. The van der Waals surface area contributed by atoms with Gasteiger partial charge in [0.05, 0.1) is 26.8 Å². The maximum absolute atomic E-state index is 10.3. The topological polar surface area (TPSA) is 89.0 Å². The quantitative estimate of drug-likeness (QED) is 0.624. The molecule has 162 valence electrons. The molecule has 0 atom stereocenters. The van der Waals surface area contributed by atoms with E-state index in [-0.39, 0.29) is 5.75 Å². The van der Waals surface area contributed by atoms with Gasteiger partial charge in [0.15, 0.2) is 23.0 Å². The van der Waals surface area contributed by atoms with Gasteiger partial charge in [0.25, 0.3) is 0 Å². The van der Waals surface area contributed by atoms with Crippen LogP contribution in [0.3, 0.4) is 0 Å². The molecule has 31 heavy (non-hydrogen) atoms. The van der Waals surface area contributed by atoms with Gasteiger partial charge in [0.2, 0.25) is 5.95 Å². The monoisotopic (exact) mass is 422 g/mol. The van der Waals surface area contributed by atoms with Gasteiger partial charge in [-0.25, -0.2) is 4.98 Å². The number of anilines is 2. The second-order valence-electron chi connectivity index (χ2n) is 7.98. The Morgan fingerprint density at radius 3 is 2.32 bits per heavy atom. The Kier molecular flexibility index (Phi) is 4.84. The van der Waals surface area contributed by atoms with Crippen LogP contribution in [-0.4, -0.2) is 49.0 Å². The van der Waals surface area contributed by atoms with Crippen molar-refractivity contribution in [1.29, 1.82) is 0 Å². The van der Waals surface area contributed by atoms with E-state index >= 15 is 0 Å². The molecule has 0 bridgehead atoms. The van der Waals surface area contributed by atoms with Crippen molar-refractivity contribution >= 4 is 22.7 Å². The Morgan fingerprint density at radius 1 is 0.935 bits per heavy atom. The van der Waals surface area contributed by atoms with Crippen molar-refractivity contribution < 1.29 is 19.3 Å². The summed E-state index contributed by atoms with van der Waals surface area (Å²) in [5.41, 5.74) is 3.11. The number of phenolic OH excluding ortho intramolecular Hbond substituents is 1. The molecule has 0 radical (unpaired) electrons. The first-order valence-corrected chi connectivity index (χ1v) is 10.4. The maximum Gasteiger partial charge on any atom is 0.225 e. The van der Waals surface area contributed by atoms with Gasteiger partial charge in [-0.3, -0.25) is 0 Å². The molecule has 1 saturated carbocycles. The van der Waals surface area contributed by atoms with E-state index in [2.05, 4.69) is 21.3 Å². The summed E-state index contributed by atoms with van der Waals surface area (Å²) in [6.07, 6.45) is 3.12. The molecule has 5 rings (SSSR count). The van der Waals surface area contributed by atoms with Gasteiger partial charge in [-0.2, -0.15) is 4.98 Å². The lowest BCUT2D eigenvalue weighted by atomic mass is 9.98. The number of hydrogen-bond donors (Lipinski definition) is 2. The molecule has 2 heterocycles. The highest BCUT2D eigenvalue weighted by Crippen LogP contribution is 2.39. The minimum atomic E-state index is 0.0674. The second kappa shape index (κ2) is 7.68. The summed E-state index contributed by atoms with van der Waals surface area (Å²) < 4.78 is 16.3. The number of ether oxygens (including phenoxy) is 3. The summed E-state index contributed by atoms with van der Waals surface area (Å²) >= 11 is 0. The van der Waals surface area contributed by atoms with Crippen LogP contribution >= 0.6 is 0 Å². The van der Waals surface area contributed by atoms with E-state index in [0.29, 0.717) is 29.8 Å². The van der Waals surface area contributed by atoms with Crippen molar-refractivity contribution in [2.75, 3.05) is 38.1 Å². The van der Waals surface area contributed by atoms with Crippen LogP contribution in [0.1, 0.15) is 24.0 Å². The highest BCUT2D eigenvalue weighted by Gasteiger charge is 2.26. The van der Waals surface area contributed by atoms with E-state index in [4.69, 9.17) is 19.2 Å². The maximum atomic E-state index is 10.3. The Balaban J connectivity index is 1.58. The van der Waals surface area contributed by atoms with Gasteiger partial charge >= 0.3 is 0 Å². The van der Waals surface area contributed by atoms with Crippen LogP contribution in [-0.2, 0) is 13.0 Å². The summed E-state index contributed by atoms with van der Waals surface area (Å²) in [5.74, 6) is 3.36. The van der Waals surface area contributed by atoms with Crippen molar-refractivity contribution in [3.05, 3.63) is 35.4 Å². The van der Waals surface area contributed by atoms with E-state index in [1.807, 2.05) is 12.1 Å². The van der Waals surface area contributed by atoms with Crippen LogP contribution in [0, 0.1) is 0 Å². The summed E-state index contributed by atoms with van der Waals surface area (Å²) in [6, 6.07) is 7.98. The van der Waals surface area contributed by atoms with E-state index < -0.39 is 0 Å². The minimum Gasteiger partial charge on any atom is -0.504 e. The fourth-order valence-electron chi connectivity index (χ4n) is 4.07. The number of nitrogens with zero attached hydrogens (tertiary/aromatic N) is 3. The lowest BCUT2D eigenvalue weighted by molar-refractivity contribution is 0.353. The molecule has 2 N–H and O–H groups in total. The molecule has 2 aliphatic rings. The number of methoxy groups -OCH3 is 3. The first kappa shape index (κ1) is 19.5. The average Bonchev–Trinajstić information content (AvgIpc) is 3.60. The van der Waals surface area contributed by atoms with Crippen LogP contribution in [0.4, 0.5) is 11.8 Å². The molecule has 1 aromatic heterocycles. The molecule has 0 amide bonds. The fourth-order valence-corrected chi connectivity index (χ4v) is 4.07. The molecular weight excluding hydrogens is 396 g/mol. The molecule has 0 spiro atoms. The summed E-state index contributed by atoms with van der Waals surface area (Å²) in [7, 11) is 4.85.